The summed E-state index contributed by atoms with van der Waals surface area (Å²) < 4.78 is 11.7. The van der Waals surface area contributed by atoms with Crippen LogP contribution in [-0.4, -0.2) is 12.9 Å². The average Bonchev–Trinajstić information content (AvgIpc) is 2.65. The Morgan fingerprint density at radius 1 is 0.963 bits per heavy atom. The van der Waals surface area contributed by atoms with Gasteiger partial charge in [-0.15, -0.1) is 0 Å². The fraction of sp³-hybridized carbons (Fsp3) is 0.600. The molecule has 0 saturated heterocycles. The average molecular weight is 375 g/mol. The summed E-state index contributed by atoms with van der Waals surface area (Å²) in [6.07, 6.45) is 7.08. The molecule has 0 heterocycles. The normalized spacial score (nSPS) is 14.3. The fourth-order valence-corrected chi connectivity index (χ4v) is 2.98. The lowest BCUT2D eigenvalue weighted by atomic mass is 9.82. The number of benzene rings is 1. The molecule has 1 aromatic carbocycles. The van der Waals surface area contributed by atoms with Gasteiger partial charge in [0.1, 0.15) is 5.75 Å². The molecule has 1 rings (SSSR count). The second-order valence-electron chi connectivity index (χ2n) is 7.41. The Kier molecular flexibility index (Phi) is 13.7. The molecule has 0 aliphatic rings. The zero-order valence-corrected chi connectivity index (χ0v) is 19.1. The number of hydrogen-bond acceptors (Lipinski definition) is 2. The molecule has 0 bridgehead atoms. The Morgan fingerprint density at radius 3 is 2.00 bits per heavy atom. The maximum atomic E-state index is 5.89. The highest BCUT2D eigenvalue weighted by atomic mass is 16.7. The maximum Gasteiger partial charge on any atom is 0.197 e. The van der Waals surface area contributed by atoms with Crippen LogP contribution in [0.4, 0.5) is 0 Å². The predicted octanol–water partition coefficient (Wildman–Crippen LogP) is 7.76. The molecule has 0 aliphatic heterocycles. The molecule has 1 aromatic rings. The van der Waals surface area contributed by atoms with E-state index in [1.807, 2.05) is 40.7 Å². The van der Waals surface area contributed by atoms with E-state index in [1.165, 1.54) is 12.0 Å². The topological polar surface area (TPSA) is 18.5 Å². The summed E-state index contributed by atoms with van der Waals surface area (Å²) in [5.74, 6) is 2.80. The molecule has 0 aromatic heterocycles. The van der Waals surface area contributed by atoms with E-state index in [-0.39, 0.29) is 6.29 Å². The van der Waals surface area contributed by atoms with Crippen LogP contribution in [0.15, 0.2) is 48.1 Å². The summed E-state index contributed by atoms with van der Waals surface area (Å²) in [4.78, 5) is 0. The van der Waals surface area contributed by atoms with Crippen LogP contribution in [0, 0.1) is 11.8 Å². The first kappa shape index (κ1) is 25.5. The molecule has 2 heteroatoms. The molecule has 0 spiro atoms. The van der Waals surface area contributed by atoms with Crippen LogP contribution in [0.2, 0.25) is 0 Å². The van der Waals surface area contributed by atoms with Crippen molar-refractivity contribution in [1.82, 2.24) is 0 Å². The Balaban J connectivity index is 0.00000326. The van der Waals surface area contributed by atoms with Crippen LogP contribution in [0.1, 0.15) is 80.2 Å². The quantitative estimate of drug-likeness (QED) is 0.308. The molecule has 0 N–H and O–H groups in total. The molecule has 0 radical (unpaired) electrons. The van der Waals surface area contributed by atoms with Crippen molar-refractivity contribution >= 4 is 0 Å². The molecule has 2 unspecified atom stereocenters. The van der Waals surface area contributed by atoms with E-state index in [2.05, 4.69) is 64.1 Å². The SMILES string of the molecule is C/C=C\C(=C/C)COC(C)Oc1ccc(C(CC(C)C)C(C)C)cc1.CC. The van der Waals surface area contributed by atoms with Gasteiger partial charge in [0.2, 0.25) is 0 Å². The molecule has 0 amide bonds. The zero-order chi connectivity index (χ0) is 20.8. The molecule has 0 fully saturated rings. The Morgan fingerprint density at radius 2 is 1.56 bits per heavy atom. The minimum atomic E-state index is -0.275. The van der Waals surface area contributed by atoms with Gasteiger partial charge >= 0.3 is 0 Å². The van der Waals surface area contributed by atoms with Gasteiger partial charge in [-0.05, 0) is 68.2 Å². The first-order valence-corrected chi connectivity index (χ1v) is 10.5. The van der Waals surface area contributed by atoms with E-state index in [1.54, 1.807) is 0 Å². The third kappa shape index (κ3) is 10.4. The third-order valence-electron chi connectivity index (χ3n) is 4.38. The third-order valence-corrected chi connectivity index (χ3v) is 4.38. The summed E-state index contributed by atoms with van der Waals surface area (Å²) in [5.41, 5.74) is 2.55. The van der Waals surface area contributed by atoms with Gasteiger partial charge in [-0.25, -0.2) is 0 Å². The molecular weight excluding hydrogens is 332 g/mol. The van der Waals surface area contributed by atoms with Gasteiger partial charge in [0.15, 0.2) is 6.29 Å². The Bertz CT molecular complexity index is 538. The van der Waals surface area contributed by atoms with Crippen molar-refractivity contribution in [3.05, 3.63) is 53.6 Å². The minimum absolute atomic E-state index is 0.275. The van der Waals surface area contributed by atoms with E-state index < -0.39 is 0 Å². The zero-order valence-electron chi connectivity index (χ0n) is 19.1. The lowest BCUT2D eigenvalue weighted by molar-refractivity contribution is -0.0566. The van der Waals surface area contributed by atoms with Crippen molar-refractivity contribution in [3.63, 3.8) is 0 Å². The second-order valence-corrected chi connectivity index (χ2v) is 7.41. The smallest absolute Gasteiger partial charge is 0.197 e. The highest BCUT2D eigenvalue weighted by Gasteiger charge is 2.17. The standard InChI is InChI=1S/C23H36O2.C2H6/c1-8-10-20(9-2)16-24-19(7)25-22-13-11-21(12-14-22)23(18(5)6)15-17(3)4;1-2/h8-14,17-19,23H,15-16H2,1-7H3;1-2H3/b10-8-,20-9+;. The summed E-state index contributed by atoms with van der Waals surface area (Å²) in [6, 6.07) is 8.53. The summed E-state index contributed by atoms with van der Waals surface area (Å²) in [6.45, 7) is 19.7. The van der Waals surface area contributed by atoms with Crippen LogP contribution >= 0.6 is 0 Å². The first-order chi connectivity index (χ1) is 12.9. The predicted molar refractivity (Wildman–Crippen MR) is 119 cm³/mol. The number of allylic oxidation sites excluding steroid dienone is 2. The van der Waals surface area contributed by atoms with Gasteiger partial charge < -0.3 is 9.47 Å². The van der Waals surface area contributed by atoms with Crippen LogP contribution in [0.3, 0.4) is 0 Å². The summed E-state index contributed by atoms with van der Waals surface area (Å²) in [7, 11) is 0. The van der Waals surface area contributed by atoms with Crippen molar-refractivity contribution in [3.8, 4) is 5.75 Å². The van der Waals surface area contributed by atoms with Gasteiger partial charge in [-0.2, -0.15) is 0 Å². The summed E-state index contributed by atoms with van der Waals surface area (Å²) >= 11 is 0. The van der Waals surface area contributed by atoms with Crippen molar-refractivity contribution in [2.24, 2.45) is 11.8 Å². The lowest BCUT2D eigenvalue weighted by Gasteiger charge is -2.24. The van der Waals surface area contributed by atoms with Crippen LogP contribution in [0.5, 0.6) is 5.75 Å². The Labute approximate surface area is 168 Å². The van der Waals surface area contributed by atoms with Crippen LogP contribution in [0.25, 0.3) is 0 Å². The van der Waals surface area contributed by atoms with Gasteiger partial charge in [0.05, 0.1) is 6.61 Å². The molecule has 2 atom stereocenters. The minimum Gasteiger partial charge on any atom is -0.465 e. The molecule has 0 saturated carbocycles. The van der Waals surface area contributed by atoms with E-state index in [0.29, 0.717) is 24.4 Å². The van der Waals surface area contributed by atoms with Crippen molar-refractivity contribution in [2.45, 2.75) is 80.9 Å². The largest absolute Gasteiger partial charge is 0.465 e. The van der Waals surface area contributed by atoms with Gasteiger partial charge in [0, 0.05) is 0 Å². The lowest BCUT2D eigenvalue weighted by Crippen LogP contribution is -2.17. The van der Waals surface area contributed by atoms with Crippen LogP contribution < -0.4 is 4.74 Å². The fourth-order valence-electron chi connectivity index (χ4n) is 2.98. The maximum absolute atomic E-state index is 5.89. The van der Waals surface area contributed by atoms with Crippen LogP contribution in [-0.2, 0) is 4.74 Å². The molecule has 0 aliphatic carbocycles. The van der Waals surface area contributed by atoms with Gasteiger partial charge in [-0.3, -0.25) is 0 Å². The Hall–Kier alpha value is -1.54. The second kappa shape index (κ2) is 14.5. The molecule has 27 heavy (non-hydrogen) atoms. The number of rotatable bonds is 10. The number of hydrogen-bond donors (Lipinski definition) is 0. The molecule has 154 valence electrons. The molecular formula is C25H42O2. The molecule has 2 nitrogen and oxygen atoms in total. The van der Waals surface area contributed by atoms with E-state index in [9.17, 15) is 0 Å². The van der Waals surface area contributed by atoms with Gasteiger partial charge in [-0.1, -0.05) is 71.9 Å². The van der Waals surface area contributed by atoms with Crippen molar-refractivity contribution in [1.29, 1.82) is 0 Å². The van der Waals surface area contributed by atoms with Crippen molar-refractivity contribution in [2.75, 3.05) is 6.61 Å². The van der Waals surface area contributed by atoms with Gasteiger partial charge in [0.25, 0.3) is 0 Å². The highest BCUT2D eigenvalue weighted by molar-refractivity contribution is 5.30. The summed E-state index contributed by atoms with van der Waals surface area (Å²) in [5, 5.41) is 0. The monoisotopic (exact) mass is 374 g/mol. The van der Waals surface area contributed by atoms with Crippen molar-refractivity contribution < 1.29 is 9.47 Å². The van der Waals surface area contributed by atoms with E-state index >= 15 is 0 Å². The van der Waals surface area contributed by atoms with E-state index in [4.69, 9.17) is 9.47 Å². The number of ether oxygens (including phenoxy) is 2. The van der Waals surface area contributed by atoms with E-state index in [0.717, 1.165) is 11.3 Å². The first-order valence-electron chi connectivity index (χ1n) is 10.5. The highest BCUT2D eigenvalue weighted by Crippen LogP contribution is 2.32.